The van der Waals surface area contributed by atoms with Crippen LogP contribution in [0.1, 0.15) is 30.0 Å². The average Bonchev–Trinajstić information content (AvgIpc) is 2.64. The van der Waals surface area contributed by atoms with Gasteiger partial charge >= 0.3 is 0 Å². The lowest BCUT2D eigenvalue weighted by atomic mass is 10.1. The number of hydrogen-bond acceptors (Lipinski definition) is 2. The molecule has 144 valence electrons. The van der Waals surface area contributed by atoms with Gasteiger partial charge < -0.3 is 10.2 Å². The van der Waals surface area contributed by atoms with E-state index < -0.39 is 6.04 Å². The summed E-state index contributed by atoms with van der Waals surface area (Å²) in [5.74, 6) is -0.319. The fourth-order valence-electron chi connectivity index (χ4n) is 2.90. The van der Waals surface area contributed by atoms with Crippen molar-refractivity contribution in [3.63, 3.8) is 0 Å². The number of hydrogen-bond donors (Lipinski definition) is 1. The number of rotatable bonds is 7. The van der Waals surface area contributed by atoms with Crippen molar-refractivity contribution in [1.29, 1.82) is 0 Å². The molecule has 0 bridgehead atoms. The van der Waals surface area contributed by atoms with Gasteiger partial charge in [-0.3, -0.25) is 9.59 Å². The Kier molecular flexibility index (Phi) is 7.69. The number of carbonyl (C=O) groups excluding carboxylic acids is 2. The second-order valence-corrected chi connectivity index (χ2v) is 7.30. The van der Waals surface area contributed by atoms with Crippen molar-refractivity contribution in [2.75, 3.05) is 7.05 Å². The molecule has 0 aromatic heterocycles. The predicted molar refractivity (Wildman–Crippen MR) is 110 cm³/mol. The minimum atomic E-state index is -0.570. The van der Waals surface area contributed by atoms with Crippen LogP contribution in [-0.4, -0.2) is 29.8 Å². The lowest BCUT2D eigenvalue weighted by molar-refractivity contribution is -0.140. The first-order valence-corrected chi connectivity index (χ1v) is 9.61. The maximum Gasteiger partial charge on any atom is 0.242 e. The first-order valence-electron chi connectivity index (χ1n) is 8.86. The predicted octanol–water partition coefficient (Wildman–Crippen LogP) is 4.40. The number of aryl methyl sites for hydroxylation is 1. The molecule has 0 aliphatic carbocycles. The van der Waals surface area contributed by atoms with Crippen molar-refractivity contribution >= 4 is 35.0 Å². The van der Waals surface area contributed by atoms with Crippen LogP contribution in [0, 0.1) is 6.92 Å². The van der Waals surface area contributed by atoms with Gasteiger partial charge in [-0.05, 0) is 36.6 Å². The maximum absolute atomic E-state index is 13.1. The number of nitrogens with zero attached hydrogens (tertiary/aromatic N) is 1. The summed E-state index contributed by atoms with van der Waals surface area (Å²) >= 11 is 12.3. The molecular formula is C21H24Cl2N2O2. The Morgan fingerprint density at radius 3 is 2.33 bits per heavy atom. The third-order valence-electron chi connectivity index (χ3n) is 4.46. The molecule has 1 atom stereocenters. The van der Waals surface area contributed by atoms with E-state index in [-0.39, 0.29) is 24.8 Å². The molecule has 0 radical (unpaired) electrons. The highest BCUT2D eigenvalue weighted by molar-refractivity contribution is 6.35. The quantitative estimate of drug-likeness (QED) is 0.740. The molecule has 4 nitrogen and oxygen atoms in total. The molecule has 0 spiro atoms. The number of benzene rings is 2. The summed E-state index contributed by atoms with van der Waals surface area (Å²) < 4.78 is 0. The van der Waals surface area contributed by atoms with E-state index in [0.717, 1.165) is 16.7 Å². The van der Waals surface area contributed by atoms with Gasteiger partial charge in [-0.25, -0.2) is 0 Å². The molecule has 0 heterocycles. The zero-order chi connectivity index (χ0) is 20.0. The molecule has 0 fully saturated rings. The second kappa shape index (κ2) is 9.77. The average molecular weight is 407 g/mol. The Labute approximate surface area is 170 Å². The molecule has 2 amide bonds. The largest absolute Gasteiger partial charge is 0.357 e. The Hall–Kier alpha value is -2.04. The highest BCUT2D eigenvalue weighted by Crippen LogP contribution is 2.24. The van der Waals surface area contributed by atoms with Crippen LogP contribution in [0.2, 0.25) is 10.0 Å². The van der Waals surface area contributed by atoms with Gasteiger partial charge in [0.15, 0.2) is 0 Å². The van der Waals surface area contributed by atoms with Crippen molar-refractivity contribution < 1.29 is 9.59 Å². The summed E-state index contributed by atoms with van der Waals surface area (Å²) in [6, 6.07) is 12.4. The van der Waals surface area contributed by atoms with E-state index in [0.29, 0.717) is 16.5 Å². The molecule has 0 unspecified atom stereocenters. The van der Waals surface area contributed by atoms with E-state index in [4.69, 9.17) is 23.2 Å². The molecule has 1 N–H and O–H groups in total. The summed E-state index contributed by atoms with van der Waals surface area (Å²) in [5.41, 5.74) is 2.79. The van der Waals surface area contributed by atoms with Gasteiger partial charge in [0.1, 0.15) is 6.04 Å². The first kappa shape index (κ1) is 21.3. The molecule has 0 saturated heterocycles. The van der Waals surface area contributed by atoms with Gasteiger partial charge in [0, 0.05) is 23.6 Å². The number of carbonyl (C=O) groups is 2. The van der Waals surface area contributed by atoms with E-state index in [2.05, 4.69) is 5.32 Å². The third kappa shape index (κ3) is 5.72. The number of nitrogens with one attached hydrogen (secondary N) is 1. The number of halogens is 2. The Morgan fingerprint density at radius 2 is 1.78 bits per heavy atom. The van der Waals surface area contributed by atoms with Crippen LogP contribution in [0.15, 0.2) is 42.5 Å². The lowest BCUT2D eigenvalue weighted by Crippen LogP contribution is -2.48. The molecule has 27 heavy (non-hydrogen) atoms. The molecule has 0 saturated carbocycles. The normalized spacial score (nSPS) is 11.7. The summed E-state index contributed by atoms with van der Waals surface area (Å²) in [5, 5.41) is 3.65. The maximum atomic E-state index is 13.1. The number of likely N-dealkylation sites (N-methyl/N-ethyl adjacent to an activating group) is 1. The molecule has 0 aliphatic rings. The van der Waals surface area contributed by atoms with Gasteiger partial charge in [0.25, 0.3) is 0 Å². The topological polar surface area (TPSA) is 49.4 Å². The van der Waals surface area contributed by atoms with Gasteiger partial charge in [-0.15, -0.1) is 0 Å². The van der Waals surface area contributed by atoms with Crippen molar-refractivity contribution in [3.05, 3.63) is 69.2 Å². The van der Waals surface area contributed by atoms with Crippen LogP contribution in [0.3, 0.4) is 0 Å². The van der Waals surface area contributed by atoms with Crippen molar-refractivity contribution in [1.82, 2.24) is 10.2 Å². The van der Waals surface area contributed by atoms with E-state index in [1.807, 2.05) is 38.1 Å². The van der Waals surface area contributed by atoms with Crippen LogP contribution >= 0.6 is 23.2 Å². The monoisotopic (exact) mass is 406 g/mol. The van der Waals surface area contributed by atoms with Crippen molar-refractivity contribution in [3.8, 4) is 0 Å². The summed E-state index contributed by atoms with van der Waals surface area (Å²) in [6.07, 6.45) is 0.726. The highest BCUT2D eigenvalue weighted by Gasteiger charge is 2.28. The lowest BCUT2D eigenvalue weighted by Gasteiger charge is -2.30. The van der Waals surface area contributed by atoms with Crippen LogP contribution in [0.4, 0.5) is 0 Å². The van der Waals surface area contributed by atoms with Gasteiger partial charge in [0.2, 0.25) is 11.8 Å². The Morgan fingerprint density at radius 1 is 1.11 bits per heavy atom. The van der Waals surface area contributed by atoms with E-state index in [1.165, 1.54) is 0 Å². The van der Waals surface area contributed by atoms with Gasteiger partial charge in [-0.1, -0.05) is 66.0 Å². The fourth-order valence-corrected chi connectivity index (χ4v) is 3.37. The van der Waals surface area contributed by atoms with Crippen molar-refractivity contribution in [2.24, 2.45) is 0 Å². The standard InChI is InChI=1S/C21H24Cl2N2O2/c1-4-19(21(27)24-3)25(13-16-9-10-17(22)12-18(16)23)20(26)11-15-7-5-14(2)6-8-15/h5-10,12,19H,4,11,13H2,1-3H3,(H,24,27)/t19-/m1/s1. The molecule has 2 aromatic carbocycles. The summed E-state index contributed by atoms with van der Waals surface area (Å²) in [4.78, 5) is 27.0. The van der Waals surface area contributed by atoms with E-state index in [9.17, 15) is 9.59 Å². The molecular weight excluding hydrogens is 383 g/mol. The van der Waals surface area contributed by atoms with Crippen LogP contribution in [-0.2, 0) is 22.6 Å². The molecule has 2 rings (SSSR count). The summed E-state index contributed by atoms with van der Waals surface area (Å²) in [6.45, 7) is 4.13. The van der Waals surface area contributed by atoms with Crippen LogP contribution < -0.4 is 5.32 Å². The third-order valence-corrected chi connectivity index (χ3v) is 5.05. The van der Waals surface area contributed by atoms with Crippen LogP contribution in [0.25, 0.3) is 0 Å². The van der Waals surface area contributed by atoms with E-state index in [1.54, 1.807) is 30.1 Å². The zero-order valence-electron chi connectivity index (χ0n) is 15.8. The minimum absolute atomic E-state index is 0.125. The van der Waals surface area contributed by atoms with Gasteiger partial charge in [0.05, 0.1) is 6.42 Å². The molecule has 6 heteroatoms. The summed E-state index contributed by atoms with van der Waals surface area (Å²) in [7, 11) is 1.57. The second-order valence-electron chi connectivity index (χ2n) is 6.46. The zero-order valence-corrected chi connectivity index (χ0v) is 17.3. The van der Waals surface area contributed by atoms with Crippen molar-refractivity contribution in [2.45, 2.75) is 39.3 Å². The smallest absolute Gasteiger partial charge is 0.242 e. The first-order chi connectivity index (χ1) is 12.8. The molecule has 2 aromatic rings. The Balaban J connectivity index is 2.31. The highest BCUT2D eigenvalue weighted by atomic mass is 35.5. The SMILES string of the molecule is CC[C@H](C(=O)NC)N(Cc1ccc(Cl)cc1Cl)C(=O)Cc1ccc(C)cc1. The minimum Gasteiger partial charge on any atom is -0.357 e. The van der Waals surface area contributed by atoms with E-state index >= 15 is 0 Å². The van der Waals surface area contributed by atoms with Gasteiger partial charge in [-0.2, -0.15) is 0 Å². The fraction of sp³-hybridized carbons (Fsp3) is 0.333. The Bertz CT molecular complexity index is 806. The molecule has 0 aliphatic heterocycles. The number of amides is 2. The van der Waals surface area contributed by atoms with Crippen LogP contribution in [0.5, 0.6) is 0 Å².